The number of nitrogens with zero attached hydrogens (tertiary/aromatic N) is 1. The molecule has 1 aromatic carbocycles. The molecule has 1 fully saturated rings. The van der Waals surface area contributed by atoms with Gasteiger partial charge < -0.3 is 9.64 Å². The number of carbonyl (C=O) groups is 2. The summed E-state index contributed by atoms with van der Waals surface area (Å²) in [6.45, 7) is 14.0. The van der Waals surface area contributed by atoms with Gasteiger partial charge in [0.25, 0.3) is 5.91 Å². The van der Waals surface area contributed by atoms with Crippen LogP contribution in [0, 0.1) is 34.6 Å². The SMILES string of the molecule is Cc1c(C)c(C)c(C(=O)OCC(=O)N2[C@@H](C)CCC[C@@H]2C)c(C)c1C. The Kier molecular flexibility index (Phi) is 5.91. The molecule has 0 unspecified atom stereocenters. The van der Waals surface area contributed by atoms with Crippen molar-refractivity contribution >= 4 is 11.9 Å². The molecule has 0 bridgehead atoms. The van der Waals surface area contributed by atoms with Crippen molar-refractivity contribution in [1.29, 1.82) is 0 Å². The zero-order valence-corrected chi connectivity index (χ0v) is 16.7. The van der Waals surface area contributed by atoms with Gasteiger partial charge in [-0.2, -0.15) is 0 Å². The van der Waals surface area contributed by atoms with Gasteiger partial charge in [-0.3, -0.25) is 4.79 Å². The van der Waals surface area contributed by atoms with Crippen LogP contribution in [-0.2, 0) is 9.53 Å². The molecule has 2 rings (SSSR count). The van der Waals surface area contributed by atoms with Crippen LogP contribution in [-0.4, -0.2) is 35.5 Å². The Morgan fingerprint density at radius 3 is 1.80 bits per heavy atom. The van der Waals surface area contributed by atoms with Crippen LogP contribution in [0.25, 0.3) is 0 Å². The summed E-state index contributed by atoms with van der Waals surface area (Å²) in [7, 11) is 0. The molecule has 4 heteroatoms. The van der Waals surface area contributed by atoms with E-state index in [1.165, 1.54) is 5.56 Å². The molecule has 25 heavy (non-hydrogen) atoms. The molecular formula is C21H31NO3. The van der Waals surface area contributed by atoms with Crippen LogP contribution in [0.1, 0.15) is 71.3 Å². The quantitative estimate of drug-likeness (QED) is 0.772. The minimum absolute atomic E-state index is 0.0936. The zero-order valence-electron chi connectivity index (χ0n) is 16.7. The molecule has 1 aromatic rings. The van der Waals surface area contributed by atoms with Crippen molar-refractivity contribution in [2.24, 2.45) is 0 Å². The molecule has 1 aliphatic heterocycles. The van der Waals surface area contributed by atoms with Crippen LogP contribution < -0.4 is 0 Å². The van der Waals surface area contributed by atoms with E-state index in [0.717, 1.165) is 41.5 Å². The lowest BCUT2D eigenvalue weighted by atomic mass is 9.90. The second kappa shape index (κ2) is 7.59. The fraction of sp³-hybridized carbons (Fsp3) is 0.619. The van der Waals surface area contributed by atoms with E-state index in [4.69, 9.17) is 4.74 Å². The minimum Gasteiger partial charge on any atom is -0.452 e. The second-order valence-corrected chi connectivity index (χ2v) is 7.51. The first-order valence-electron chi connectivity index (χ1n) is 9.22. The molecule has 0 aliphatic carbocycles. The van der Waals surface area contributed by atoms with Crippen LogP contribution in [0.2, 0.25) is 0 Å². The highest BCUT2D eigenvalue weighted by Crippen LogP contribution is 2.27. The first-order valence-corrected chi connectivity index (χ1v) is 9.22. The predicted molar refractivity (Wildman–Crippen MR) is 100 cm³/mol. The highest BCUT2D eigenvalue weighted by atomic mass is 16.5. The topological polar surface area (TPSA) is 46.6 Å². The Balaban J connectivity index is 2.14. The van der Waals surface area contributed by atoms with Gasteiger partial charge in [0.15, 0.2) is 6.61 Å². The molecule has 1 saturated heterocycles. The lowest BCUT2D eigenvalue weighted by molar-refractivity contribution is -0.140. The van der Waals surface area contributed by atoms with E-state index in [1.54, 1.807) is 0 Å². The fourth-order valence-corrected chi connectivity index (χ4v) is 3.99. The largest absolute Gasteiger partial charge is 0.452 e. The molecule has 2 atom stereocenters. The molecule has 0 radical (unpaired) electrons. The summed E-state index contributed by atoms with van der Waals surface area (Å²) in [5, 5.41) is 0. The Morgan fingerprint density at radius 1 is 0.880 bits per heavy atom. The smallest absolute Gasteiger partial charge is 0.339 e. The van der Waals surface area contributed by atoms with Crippen molar-refractivity contribution < 1.29 is 14.3 Å². The molecule has 0 spiro atoms. The molecule has 1 amide bonds. The average molecular weight is 345 g/mol. The van der Waals surface area contributed by atoms with Crippen molar-refractivity contribution in [3.8, 4) is 0 Å². The van der Waals surface area contributed by atoms with Crippen molar-refractivity contribution in [2.75, 3.05) is 6.61 Å². The third-order valence-corrected chi connectivity index (χ3v) is 6.01. The van der Waals surface area contributed by atoms with E-state index in [2.05, 4.69) is 20.8 Å². The molecule has 1 heterocycles. The van der Waals surface area contributed by atoms with Crippen molar-refractivity contribution in [3.63, 3.8) is 0 Å². The Morgan fingerprint density at radius 2 is 1.32 bits per heavy atom. The van der Waals surface area contributed by atoms with E-state index in [-0.39, 0.29) is 24.6 Å². The van der Waals surface area contributed by atoms with Crippen molar-refractivity contribution in [3.05, 3.63) is 33.4 Å². The molecular weight excluding hydrogens is 314 g/mol. The summed E-state index contributed by atoms with van der Waals surface area (Å²) in [4.78, 5) is 27.1. The number of hydrogen-bond acceptors (Lipinski definition) is 3. The standard InChI is InChI=1S/C21H31NO3/c1-12-9-8-10-13(2)22(12)19(23)11-25-21(24)20-17(6)15(4)14(3)16(5)18(20)7/h12-13H,8-11H2,1-7H3/t12-,13-/m0/s1. The Hall–Kier alpha value is -1.84. The number of ether oxygens (including phenoxy) is 1. The van der Waals surface area contributed by atoms with Gasteiger partial charge in [-0.25, -0.2) is 4.79 Å². The molecule has 138 valence electrons. The Bertz CT molecular complexity index is 654. The van der Waals surface area contributed by atoms with E-state index in [9.17, 15) is 9.59 Å². The lowest BCUT2D eigenvalue weighted by Crippen LogP contribution is -2.49. The first kappa shape index (κ1) is 19.5. The van der Waals surface area contributed by atoms with Crippen LogP contribution in [0.15, 0.2) is 0 Å². The van der Waals surface area contributed by atoms with Crippen molar-refractivity contribution in [1.82, 2.24) is 4.90 Å². The highest BCUT2D eigenvalue weighted by Gasteiger charge is 2.30. The normalized spacial score (nSPS) is 20.5. The van der Waals surface area contributed by atoms with Crippen LogP contribution in [0.4, 0.5) is 0 Å². The van der Waals surface area contributed by atoms with Gasteiger partial charge in [-0.05, 0) is 95.5 Å². The van der Waals surface area contributed by atoms with Gasteiger partial charge in [0.05, 0.1) is 5.56 Å². The number of benzene rings is 1. The van der Waals surface area contributed by atoms with E-state index >= 15 is 0 Å². The number of esters is 1. The predicted octanol–water partition coefficient (Wildman–Crippen LogP) is 4.18. The van der Waals surface area contributed by atoms with Crippen LogP contribution in [0.3, 0.4) is 0 Å². The monoisotopic (exact) mass is 345 g/mol. The average Bonchev–Trinajstić information content (AvgIpc) is 2.56. The lowest BCUT2D eigenvalue weighted by Gasteiger charge is -2.38. The molecule has 4 nitrogen and oxygen atoms in total. The Labute approximate surface area is 151 Å². The van der Waals surface area contributed by atoms with Crippen LogP contribution in [0.5, 0.6) is 0 Å². The fourth-order valence-electron chi connectivity index (χ4n) is 3.99. The summed E-state index contributed by atoms with van der Waals surface area (Å²) >= 11 is 0. The number of likely N-dealkylation sites (tertiary alicyclic amines) is 1. The summed E-state index contributed by atoms with van der Waals surface area (Å²) in [5.41, 5.74) is 5.92. The van der Waals surface area contributed by atoms with E-state index < -0.39 is 5.97 Å². The number of piperidine rings is 1. The summed E-state index contributed by atoms with van der Waals surface area (Å²) in [6, 6.07) is 0.421. The molecule has 0 saturated carbocycles. The van der Waals surface area contributed by atoms with E-state index in [0.29, 0.717) is 5.56 Å². The first-order chi connectivity index (χ1) is 11.7. The van der Waals surface area contributed by atoms with Crippen molar-refractivity contribution in [2.45, 2.75) is 79.8 Å². The summed E-state index contributed by atoms with van der Waals surface area (Å²) < 4.78 is 5.42. The number of rotatable bonds is 3. The van der Waals surface area contributed by atoms with Gasteiger partial charge >= 0.3 is 5.97 Å². The third kappa shape index (κ3) is 3.73. The number of amides is 1. The van der Waals surface area contributed by atoms with Gasteiger partial charge in [-0.15, -0.1) is 0 Å². The highest BCUT2D eigenvalue weighted by molar-refractivity contribution is 5.95. The molecule has 0 N–H and O–H groups in total. The van der Waals surface area contributed by atoms with Gasteiger partial charge in [0.1, 0.15) is 0 Å². The van der Waals surface area contributed by atoms with Gasteiger partial charge in [-0.1, -0.05) is 0 Å². The van der Waals surface area contributed by atoms with Gasteiger partial charge in [0, 0.05) is 12.1 Å². The van der Waals surface area contributed by atoms with Crippen LogP contribution >= 0.6 is 0 Å². The maximum atomic E-state index is 12.7. The van der Waals surface area contributed by atoms with Gasteiger partial charge in [0.2, 0.25) is 0 Å². The maximum absolute atomic E-state index is 12.7. The third-order valence-electron chi connectivity index (χ3n) is 6.01. The summed E-state index contributed by atoms with van der Waals surface area (Å²) in [6.07, 6.45) is 3.17. The summed E-state index contributed by atoms with van der Waals surface area (Å²) in [5.74, 6) is -0.490. The molecule has 1 aliphatic rings. The minimum atomic E-state index is -0.396. The number of hydrogen-bond donors (Lipinski definition) is 0. The van der Waals surface area contributed by atoms with E-state index in [1.807, 2.05) is 32.6 Å². The maximum Gasteiger partial charge on any atom is 0.339 e. The second-order valence-electron chi connectivity index (χ2n) is 7.51. The number of carbonyl (C=O) groups excluding carboxylic acids is 2. The molecule has 0 aromatic heterocycles. The zero-order chi connectivity index (χ0) is 18.9.